The molecule has 0 aliphatic carbocycles. The van der Waals surface area contributed by atoms with Crippen molar-refractivity contribution in [2.24, 2.45) is 0 Å². The van der Waals surface area contributed by atoms with Crippen LogP contribution in [0.2, 0.25) is 0 Å². The maximum atomic E-state index is 12.9. The van der Waals surface area contributed by atoms with Gasteiger partial charge in [0.1, 0.15) is 5.75 Å². The number of ether oxygens (including phenoxy) is 1. The Morgan fingerprint density at radius 3 is 2.61 bits per heavy atom. The lowest BCUT2D eigenvalue weighted by Crippen LogP contribution is -2.00. The maximum Gasteiger partial charge on any atom is 0.354 e. The Balaban J connectivity index is 2.25. The lowest BCUT2D eigenvalue weighted by Gasteiger charge is -2.05. The molecule has 0 bridgehead atoms. The van der Waals surface area contributed by atoms with Crippen LogP contribution in [0.3, 0.4) is 0 Å². The van der Waals surface area contributed by atoms with Gasteiger partial charge in [-0.1, -0.05) is 6.07 Å². The first-order valence-corrected chi connectivity index (χ1v) is 4.89. The zero-order valence-corrected chi connectivity index (χ0v) is 8.93. The van der Waals surface area contributed by atoms with Crippen LogP contribution >= 0.6 is 0 Å². The second-order valence-corrected chi connectivity index (χ2v) is 3.34. The number of hydrogen-bond acceptors (Lipinski definition) is 3. The van der Waals surface area contributed by atoms with Crippen molar-refractivity contribution in [3.63, 3.8) is 0 Å². The first-order valence-electron chi connectivity index (χ1n) is 4.89. The van der Waals surface area contributed by atoms with Gasteiger partial charge in [0.25, 0.3) is 0 Å². The minimum Gasteiger partial charge on any atom is -0.477 e. The van der Waals surface area contributed by atoms with Gasteiger partial charge >= 0.3 is 5.97 Å². The standard InChI is InChI=1S/C12H7F2NO3/c13-8-5-4-7(6-9(8)14)18-11-3-1-2-10(15-11)12(16)17/h1-6H,(H,16,17). The van der Waals surface area contributed by atoms with E-state index < -0.39 is 17.6 Å². The fraction of sp³-hybridized carbons (Fsp3) is 0. The highest BCUT2D eigenvalue weighted by atomic mass is 19.2. The van der Waals surface area contributed by atoms with E-state index in [4.69, 9.17) is 9.84 Å². The fourth-order valence-corrected chi connectivity index (χ4v) is 1.25. The fourth-order valence-electron chi connectivity index (χ4n) is 1.25. The highest BCUT2D eigenvalue weighted by Crippen LogP contribution is 2.21. The van der Waals surface area contributed by atoms with Crippen molar-refractivity contribution in [3.8, 4) is 11.6 Å². The molecule has 0 atom stereocenters. The summed E-state index contributed by atoms with van der Waals surface area (Å²) in [4.78, 5) is 14.4. The lowest BCUT2D eigenvalue weighted by molar-refractivity contribution is 0.0689. The molecular formula is C12H7F2NO3. The van der Waals surface area contributed by atoms with Crippen molar-refractivity contribution in [2.75, 3.05) is 0 Å². The minimum absolute atomic E-state index is 0.0130. The van der Waals surface area contributed by atoms with Crippen molar-refractivity contribution in [1.82, 2.24) is 4.98 Å². The molecule has 0 amide bonds. The predicted octanol–water partition coefficient (Wildman–Crippen LogP) is 2.85. The molecule has 0 saturated heterocycles. The molecule has 0 saturated carbocycles. The van der Waals surface area contributed by atoms with Crippen molar-refractivity contribution in [3.05, 3.63) is 53.7 Å². The molecule has 0 aliphatic heterocycles. The Kier molecular flexibility index (Phi) is 3.18. The number of hydrogen-bond donors (Lipinski definition) is 1. The van der Waals surface area contributed by atoms with Gasteiger partial charge in [-0.3, -0.25) is 0 Å². The summed E-state index contributed by atoms with van der Waals surface area (Å²) in [6.45, 7) is 0. The van der Waals surface area contributed by atoms with Gasteiger partial charge in [0, 0.05) is 12.1 Å². The van der Waals surface area contributed by atoms with Crippen LogP contribution in [0.5, 0.6) is 11.6 Å². The molecule has 2 rings (SSSR count). The smallest absolute Gasteiger partial charge is 0.354 e. The number of carboxylic acids is 1. The number of rotatable bonds is 3. The van der Waals surface area contributed by atoms with Crippen molar-refractivity contribution in [1.29, 1.82) is 0 Å². The number of aromatic carboxylic acids is 1. The van der Waals surface area contributed by atoms with E-state index in [1.165, 1.54) is 24.3 Å². The molecule has 0 fully saturated rings. The maximum absolute atomic E-state index is 12.9. The van der Waals surface area contributed by atoms with E-state index in [-0.39, 0.29) is 17.3 Å². The van der Waals surface area contributed by atoms with Crippen LogP contribution in [-0.4, -0.2) is 16.1 Å². The Bertz CT molecular complexity index is 602. The molecule has 1 aromatic carbocycles. The van der Waals surface area contributed by atoms with Gasteiger partial charge in [-0.05, 0) is 18.2 Å². The third kappa shape index (κ3) is 2.60. The van der Waals surface area contributed by atoms with Crippen LogP contribution < -0.4 is 4.74 Å². The van der Waals surface area contributed by atoms with E-state index in [9.17, 15) is 13.6 Å². The average Bonchev–Trinajstić information content (AvgIpc) is 2.34. The molecule has 0 spiro atoms. The van der Waals surface area contributed by atoms with Gasteiger partial charge in [0.05, 0.1) is 0 Å². The molecule has 1 N–H and O–H groups in total. The normalized spacial score (nSPS) is 10.1. The Morgan fingerprint density at radius 2 is 1.94 bits per heavy atom. The molecule has 4 nitrogen and oxygen atoms in total. The summed E-state index contributed by atoms with van der Waals surface area (Å²) in [6.07, 6.45) is 0. The molecule has 0 unspecified atom stereocenters. The third-order valence-corrected chi connectivity index (χ3v) is 2.06. The molecule has 18 heavy (non-hydrogen) atoms. The van der Waals surface area contributed by atoms with E-state index >= 15 is 0 Å². The summed E-state index contributed by atoms with van der Waals surface area (Å²) in [6, 6.07) is 7.11. The van der Waals surface area contributed by atoms with E-state index in [0.29, 0.717) is 0 Å². The van der Waals surface area contributed by atoms with Gasteiger partial charge in [-0.15, -0.1) is 0 Å². The van der Waals surface area contributed by atoms with E-state index in [1.807, 2.05) is 0 Å². The van der Waals surface area contributed by atoms with Crippen molar-refractivity contribution in [2.45, 2.75) is 0 Å². The summed E-state index contributed by atoms with van der Waals surface area (Å²) >= 11 is 0. The van der Waals surface area contributed by atoms with Crippen molar-refractivity contribution < 1.29 is 23.4 Å². The molecule has 1 aromatic heterocycles. The van der Waals surface area contributed by atoms with Gasteiger partial charge < -0.3 is 9.84 Å². The first-order chi connectivity index (χ1) is 8.56. The predicted molar refractivity (Wildman–Crippen MR) is 57.6 cm³/mol. The molecule has 0 aliphatic rings. The quantitative estimate of drug-likeness (QED) is 0.911. The number of benzene rings is 1. The van der Waals surface area contributed by atoms with Crippen LogP contribution in [0.1, 0.15) is 10.5 Å². The molecule has 1 heterocycles. The number of pyridine rings is 1. The van der Waals surface area contributed by atoms with E-state index in [1.54, 1.807) is 0 Å². The SMILES string of the molecule is O=C(O)c1cccc(Oc2ccc(F)c(F)c2)n1. The molecule has 92 valence electrons. The van der Waals surface area contributed by atoms with Gasteiger partial charge in [-0.25, -0.2) is 18.6 Å². The molecule has 0 radical (unpaired) electrons. The van der Waals surface area contributed by atoms with Crippen LogP contribution in [0.15, 0.2) is 36.4 Å². The summed E-state index contributed by atoms with van der Waals surface area (Å²) in [5.74, 6) is -3.23. The first kappa shape index (κ1) is 12.0. The average molecular weight is 251 g/mol. The van der Waals surface area contributed by atoms with Crippen LogP contribution in [0.4, 0.5) is 8.78 Å². The van der Waals surface area contributed by atoms with Crippen LogP contribution in [0.25, 0.3) is 0 Å². The summed E-state index contributed by atoms with van der Waals surface area (Å²) < 4.78 is 30.7. The van der Waals surface area contributed by atoms with Crippen LogP contribution in [0, 0.1) is 11.6 Å². The molecule has 6 heteroatoms. The number of carbonyl (C=O) groups is 1. The largest absolute Gasteiger partial charge is 0.477 e. The number of carboxylic acid groups (broad SMARTS) is 1. The second-order valence-electron chi connectivity index (χ2n) is 3.34. The zero-order chi connectivity index (χ0) is 13.1. The second kappa shape index (κ2) is 4.79. The van der Waals surface area contributed by atoms with E-state index in [2.05, 4.69) is 4.98 Å². The van der Waals surface area contributed by atoms with Gasteiger partial charge in [-0.2, -0.15) is 0 Å². The molecular weight excluding hydrogens is 244 g/mol. The molecule has 2 aromatic rings. The Hall–Kier alpha value is -2.50. The summed E-state index contributed by atoms with van der Waals surface area (Å²) in [5, 5.41) is 8.73. The summed E-state index contributed by atoms with van der Waals surface area (Å²) in [5.41, 5.74) is -0.199. The zero-order valence-electron chi connectivity index (χ0n) is 8.93. The van der Waals surface area contributed by atoms with Crippen LogP contribution in [-0.2, 0) is 0 Å². The lowest BCUT2D eigenvalue weighted by atomic mass is 10.3. The van der Waals surface area contributed by atoms with Gasteiger partial charge in [0.15, 0.2) is 17.3 Å². The minimum atomic E-state index is -1.20. The highest BCUT2D eigenvalue weighted by molar-refractivity contribution is 5.85. The Labute approximate surface area is 100 Å². The Morgan fingerprint density at radius 1 is 1.17 bits per heavy atom. The third-order valence-electron chi connectivity index (χ3n) is 2.06. The number of halogens is 2. The number of nitrogens with zero attached hydrogens (tertiary/aromatic N) is 1. The van der Waals surface area contributed by atoms with Crippen molar-refractivity contribution >= 4 is 5.97 Å². The topological polar surface area (TPSA) is 59.4 Å². The number of aromatic nitrogens is 1. The van der Waals surface area contributed by atoms with Gasteiger partial charge in [0.2, 0.25) is 5.88 Å². The monoisotopic (exact) mass is 251 g/mol. The highest BCUT2D eigenvalue weighted by Gasteiger charge is 2.08. The van der Waals surface area contributed by atoms with E-state index in [0.717, 1.165) is 12.1 Å². The summed E-state index contributed by atoms with van der Waals surface area (Å²) in [7, 11) is 0.